The van der Waals surface area contributed by atoms with Crippen LogP contribution >= 0.6 is 0 Å². The van der Waals surface area contributed by atoms with Gasteiger partial charge in [0.05, 0.1) is 32.4 Å². The minimum absolute atomic E-state index is 0.0260. The molecule has 33 heavy (non-hydrogen) atoms. The monoisotopic (exact) mass is 463 g/mol. The zero-order valence-corrected chi connectivity index (χ0v) is 18.5. The molecule has 0 radical (unpaired) electrons. The van der Waals surface area contributed by atoms with E-state index in [4.69, 9.17) is 18.9 Å². The van der Waals surface area contributed by atoms with E-state index in [1.54, 1.807) is 25.3 Å². The molecule has 3 rings (SSSR count). The van der Waals surface area contributed by atoms with Crippen LogP contribution in [-0.4, -0.2) is 77.9 Å². The van der Waals surface area contributed by atoms with Gasteiger partial charge in [-0.15, -0.1) is 0 Å². The number of carbonyl (C=O) groups is 1. The van der Waals surface area contributed by atoms with Crippen LogP contribution in [-0.2, 0) is 4.74 Å². The van der Waals surface area contributed by atoms with Gasteiger partial charge in [-0.2, -0.15) is 0 Å². The Bertz CT molecular complexity index is 934. The number of nitrogens with one attached hydrogen (secondary N) is 1. The normalized spacial score (nSPS) is 25.7. The van der Waals surface area contributed by atoms with Crippen molar-refractivity contribution in [2.75, 3.05) is 20.8 Å². The lowest BCUT2D eigenvalue weighted by Crippen LogP contribution is -2.60. The van der Waals surface area contributed by atoms with Gasteiger partial charge in [0.2, 0.25) is 6.29 Å². The summed E-state index contributed by atoms with van der Waals surface area (Å²) in [6.45, 7) is 1.22. The molecule has 0 spiro atoms. The Morgan fingerprint density at radius 1 is 1.00 bits per heavy atom. The lowest BCUT2D eigenvalue weighted by Gasteiger charge is -2.39. The van der Waals surface area contributed by atoms with E-state index in [1.807, 2.05) is 19.1 Å². The van der Waals surface area contributed by atoms with Crippen LogP contribution in [0.5, 0.6) is 17.2 Å². The van der Waals surface area contributed by atoms with E-state index in [9.17, 15) is 25.2 Å². The van der Waals surface area contributed by atoms with Gasteiger partial charge in [-0.05, 0) is 36.8 Å². The van der Waals surface area contributed by atoms with Crippen LogP contribution in [0.25, 0.3) is 0 Å². The van der Waals surface area contributed by atoms with Crippen molar-refractivity contribution in [3.63, 3.8) is 0 Å². The van der Waals surface area contributed by atoms with Crippen molar-refractivity contribution >= 4 is 5.91 Å². The summed E-state index contributed by atoms with van der Waals surface area (Å²) in [6, 6.07) is 11.4. The summed E-state index contributed by atoms with van der Waals surface area (Å²) in [6.07, 6.45) is -7.35. The van der Waals surface area contributed by atoms with Crippen LogP contribution in [0.2, 0.25) is 0 Å². The molecule has 10 nitrogen and oxygen atoms in total. The molecule has 0 aromatic heterocycles. The standard InChI is InChI=1S/C23H29NO9/c1-12(13-4-6-14(30-2)7-5-13)24-22(29)16-9-8-15(31-3)10-17(16)32-23-21(28)20(27)19(26)18(11-25)33-23/h4-10,12,18-21,23,25-28H,11H2,1-3H3,(H,24,29)/t12?,18?,19?,20?,21?,23-/m1/s1. The molecule has 6 atom stereocenters. The van der Waals surface area contributed by atoms with Crippen molar-refractivity contribution in [2.24, 2.45) is 0 Å². The maximum Gasteiger partial charge on any atom is 0.255 e. The number of aliphatic hydroxyl groups excluding tert-OH is 4. The van der Waals surface area contributed by atoms with Crippen LogP contribution in [0.15, 0.2) is 42.5 Å². The summed E-state index contributed by atoms with van der Waals surface area (Å²) in [4.78, 5) is 13.0. The molecule has 5 unspecified atom stereocenters. The molecular formula is C23H29NO9. The minimum atomic E-state index is -1.62. The number of amides is 1. The number of methoxy groups -OCH3 is 2. The summed E-state index contributed by atoms with van der Waals surface area (Å²) in [5.74, 6) is 0.649. The van der Waals surface area contributed by atoms with Crippen molar-refractivity contribution in [1.82, 2.24) is 5.32 Å². The highest BCUT2D eigenvalue weighted by atomic mass is 16.7. The molecule has 1 aliphatic heterocycles. The van der Waals surface area contributed by atoms with E-state index in [0.717, 1.165) is 5.56 Å². The Morgan fingerprint density at radius 2 is 1.64 bits per heavy atom. The van der Waals surface area contributed by atoms with Gasteiger partial charge in [0.1, 0.15) is 41.7 Å². The third-order valence-electron chi connectivity index (χ3n) is 5.49. The topological polar surface area (TPSA) is 147 Å². The van der Waals surface area contributed by atoms with Crippen LogP contribution < -0.4 is 19.5 Å². The first-order chi connectivity index (χ1) is 15.8. The van der Waals surface area contributed by atoms with Gasteiger partial charge in [-0.1, -0.05) is 12.1 Å². The summed E-state index contributed by atoms with van der Waals surface area (Å²) >= 11 is 0. The largest absolute Gasteiger partial charge is 0.497 e. The molecule has 1 aliphatic rings. The van der Waals surface area contributed by atoms with Crippen molar-refractivity contribution < 1.29 is 44.2 Å². The molecule has 0 saturated carbocycles. The molecule has 1 saturated heterocycles. The van der Waals surface area contributed by atoms with E-state index in [1.165, 1.54) is 19.2 Å². The lowest BCUT2D eigenvalue weighted by atomic mass is 9.99. The number of aliphatic hydroxyl groups is 4. The predicted octanol–water partition coefficient (Wildman–Crippen LogP) is 0.373. The lowest BCUT2D eigenvalue weighted by molar-refractivity contribution is -0.277. The maximum absolute atomic E-state index is 13.0. The summed E-state index contributed by atoms with van der Waals surface area (Å²) in [5, 5.41) is 42.5. The van der Waals surface area contributed by atoms with Gasteiger partial charge < -0.3 is 44.7 Å². The SMILES string of the molecule is COc1ccc(C(C)NC(=O)c2ccc(OC)cc2O[C@@H]2OC(CO)C(O)C(O)C2O)cc1. The minimum Gasteiger partial charge on any atom is -0.497 e. The van der Waals surface area contributed by atoms with E-state index >= 15 is 0 Å². The number of hydrogen-bond acceptors (Lipinski definition) is 9. The average Bonchev–Trinajstić information content (AvgIpc) is 2.84. The van der Waals surface area contributed by atoms with Gasteiger partial charge >= 0.3 is 0 Å². The van der Waals surface area contributed by atoms with Crippen molar-refractivity contribution in [2.45, 2.75) is 43.7 Å². The Balaban J connectivity index is 1.81. The molecule has 180 valence electrons. The highest BCUT2D eigenvalue weighted by Gasteiger charge is 2.45. The molecular weight excluding hydrogens is 434 g/mol. The third-order valence-corrected chi connectivity index (χ3v) is 5.49. The highest BCUT2D eigenvalue weighted by Crippen LogP contribution is 2.30. The Hall–Kier alpha value is -2.89. The smallest absolute Gasteiger partial charge is 0.255 e. The van der Waals surface area contributed by atoms with Crippen LogP contribution in [0.3, 0.4) is 0 Å². The molecule has 0 bridgehead atoms. The zero-order chi connectivity index (χ0) is 24.1. The van der Waals surface area contributed by atoms with Crippen LogP contribution in [0.4, 0.5) is 0 Å². The molecule has 2 aromatic rings. The number of rotatable bonds is 8. The predicted molar refractivity (Wildman–Crippen MR) is 116 cm³/mol. The van der Waals surface area contributed by atoms with Gasteiger partial charge in [0, 0.05) is 6.07 Å². The van der Waals surface area contributed by atoms with Crippen molar-refractivity contribution in [3.8, 4) is 17.2 Å². The fourth-order valence-electron chi connectivity index (χ4n) is 3.45. The molecule has 1 amide bonds. The van der Waals surface area contributed by atoms with Gasteiger partial charge in [-0.3, -0.25) is 4.79 Å². The molecule has 1 heterocycles. The first-order valence-corrected chi connectivity index (χ1v) is 10.4. The molecule has 0 aliphatic carbocycles. The van der Waals surface area contributed by atoms with Crippen LogP contribution in [0, 0.1) is 0 Å². The quantitative estimate of drug-likeness (QED) is 0.375. The summed E-state index contributed by atoms with van der Waals surface area (Å²) in [5.41, 5.74) is 0.988. The Labute approximate surface area is 191 Å². The van der Waals surface area contributed by atoms with Crippen molar-refractivity contribution in [1.29, 1.82) is 0 Å². The van der Waals surface area contributed by atoms with Crippen LogP contribution in [0.1, 0.15) is 28.9 Å². The van der Waals surface area contributed by atoms with E-state index in [-0.39, 0.29) is 17.4 Å². The average molecular weight is 463 g/mol. The molecule has 2 aromatic carbocycles. The zero-order valence-electron chi connectivity index (χ0n) is 18.5. The third kappa shape index (κ3) is 5.55. The van der Waals surface area contributed by atoms with Gasteiger partial charge in [0.15, 0.2) is 0 Å². The fraction of sp³-hybridized carbons (Fsp3) is 0.435. The van der Waals surface area contributed by atoms with E-state index in [0.29, 0.717) is 11.5 Å². The number of benzene rings is 2. The molecule has 1 fully saturated rings. The first kappa shape index (κ1) is 24.7. The number of hydrogen-bond donors (Lipinski definition) is 5. The fourth-order valence-corrected chi connectivity index (χ4v) is 3.45. The second-order valence-electron chi connectivity index (χ2n) is 7.65. The summed E-state index contributed by atoms with van der Waals surface area (Å²) in [7, 11) is 3.01. The first-order valence-electron chi connectivity index (χ1n) is 10.4. The number of carbonyl (C=O) groups excluding carboxylic acids is 1. The Kier molecular flexibility index (Phi) is 8.11. The van der Waals surface area contributed by atoms with Crippen molar-refractivity contribution in [3.05, 3.63) is 53.6 Å². The van der Waals surface area contributed by atoms with Gasteiger partial charge in [0.25, 0.3) is 5.91 Å². The maximum atomic E-state index is 13.0. The summed E-state index contributed by atoms with van der Waals surface area (Å²) < 4.78 is 21.5. The molecule has 10 heteroatoms. The van der Waals surface area contributed by atoms with E-state index in [2.05, 4.69) is 5.32 Å². The number of ether oxygens (including phenoxy) is 4. The second kappa shape index (κ2) is 10.8. The molecule has 5 N–H and O–H groups in total. The van der Waals surface area contributed by atoms with E-state index < -0.39 is 43.2 Å². The highest BCUT2D eigenvalue weighted by molar-refractivity contribution is 5.97. The van der Waals surface area contributed by atoms with Gasteiger partial charge in [-0.25, -0.2) is 0 Å². The second-order valence-corrected chi connectivity index (χ2v) is 7.65. The Morgan fingerprint density at radius 3 is 2.24 bits per heavy atom.